The Balaban J connectivity index is 2.46. The molecule has 1 aliphatic carbocycles. The molecule has 1 aromatic carbocycles. The van der Waals surface area contributed by atoms with E-state index in [2.05, 4.69) is 0 Å². The number of nitrogens with zero attached hydrogens (tertiary/aromatic N) is 1. The summed E-state index contributed by atoms with van der Waals surface area (Å²) in [6.45, 7) is 1.53. The van der Waals surface area contributed by atoms with Gasteiger partial charge in [-0.25, -0.2) is 9.18 Å². The minimum Gasteiger partial charge on any atom is -0.477 e. The van der Waals surface area contributed by atoms with Crippen LogP contribution in [-0.4, -0.2) is 15.6 Å². The fraction of sp³-hybridized carbons (Fsp3) is 0.375. The smallest absolute Gasteiger partial charge is 0.352 e. The van der Waals surface area contributed by atoms with Crippen molar-refractivity contribution in [2.45, 2.75) is 38.6 Å². The molecular formula is C16H16FNO3. The third-order valence-electron chi connectivity index (χ3n) is 4.29. The molecule has 0 aliphatic heterocycles. The largest absolute Gasteiger partial charge is 0.477 e. The summed E-state index contributed by atoms with van der Waals surface area (Å²) >= 11 is 0. The number of carboxylic acids is 1. The van der Waals surface area contributed by atoms with Crippen LogP contribution < -0.4 is 5.43 Å². The Kier molecular flexibility index (Phi) is 3.27. The molecule has 5 heteroatoms. The number of carboxylic acid groups (broad SMARTS) is 1. The third-order valence-corrected chi connectivity index (χ3v) is 4.29. The van der Waals surface area contributed by atoms with Crippen molar-refractivity contribution >= 4 is 16.9 Å². The fourth-order valence-corrected chi connectivity index (χ4v) is 3.31. The van der Waals surface area contributed by atoms with Crippen LogP contribution in [0.4, 0.5) is 4.39 Å². The first kappa shape index (κ1) is 13.8. The Morgan fingerprint density at radius 2 is 2.00 bits per heavy atom. The van der Waals surface area contributed by atoms with Crippen molar-refractivity contribution in [1.29, 1.82) is 0 Å². The highest BCUT2D eigenvalue weighted by Crippen LogP contribution is 2.33. The van der Waals surface area contributed by atoms with Crippen molar-refractivity contribution in [1.82, 2.24) is 4.57 Å². The van der Waals surface area contributed by atoms with E-state index < -0.39 is 11.8 Å². The van der Waals surface area contributed by atoms with E-state index in [1.165, 1.54) is 25.1 Å². The summed E-state index contributed by atoms with van der Waals surface area (Å²) in [5.74, 6) is -1.60. The van der Waals surface area contributed by atoms with Crippen LogP contribution in [0.3, 0.4) is 0 Å². The second-order valence-corrected chi connectivity index (χ2v) is 5.58. The number of hydrogen-bond donors (Lipinski definition) is 1. The lowest BCUT2D eigenvalue weighted by Crippen LogP contribution is -2.24. The van der Waals surface area contributed by atoms with Crippen molar-refractivity contribution in [3.05, 3.63) is 45.5 Å². The van der Waals surface area contributed by atoms with Crippen LogP contribution in [0.15, 0.2) is 23.0 Å². The number of benzene rings is 1. The molecule has 1 fully saturated rings. The molecule has 110 valence electrons. The highest BCUT2D eigenvalue weighted by molar-refractivity contribution is 5.92. The molecular weight excluding hydrogens is 273 g/mol. The average Bonchev–Trinajstić information content (AvgIpc) is 2.95. The van der Waals surface area contributed by atoms with E-state index in [1.54, 1.807) is 4.57 Å². The van der Waals surface area contributed by atoms with Crippen molar-refractivity contribution in [2.75, 3.05) is 0 Å². The van der Waals surface area contributed by atoms with Gasteiger partial charge in [0.1, 0.15) is 11.5 Å². The molecule has 0 saturated heterocycles. The van der Waals surface area contributed by atoms with Gasteiger partial charge < -0.3 is 9.67 Å². The van der Waals surface area contributed by atoms with Crippen molar-refractivity contribution in [3.63, 3.8) is 0 Å². The maximum atomic E-state index is 13.6. The number of pyridine rings is 1. The molecule has 0 bridgehead atoms. The molecule has 21 heavy (non-hydrogen) atoms. The Labute approximate surface area is 120 Å². The highest BCUT2D eigenvalue weighted by Gasteiger charge is 2.26. The lowest BCUT2D eigenvalue weighted by atomic mass is 10.1. The minimum absolute atomic E-state index is 0.00926. The molecule has 0 amide bonds. The Morgan fingerprint density at radius 1 is 1.33 bits per heavy atom. The Bertz CT molecular complexity index is 788. The van der Waals surface area contributed by atoms with Crippen LogP contribution >= 0.6 is 0 Å². The number of carbonyl (C=O) groups is 1. The van der Waals surface area contributed by atoms with E-state index in [1.807, 2.05) is 0 Å². The van der Waals surface area contributed by atoms with Crippen molar-refractivity contribution in [2.24, 2.45) is 0 Å². The molecule has 4 nitrogen and oxygen atoms in total. The molecule has 0 atom stereocenters. The van der Waals surface area contributed by atoms with Crippen LogP contribution in [0.2, 0.25) is 0 Å². The molecule has 0 radical (unpaired) electrons. The molecule has 1 aliphatic rings. The van der Waals surface area contributed by atoms with Crippen LogP contribution in [0.25, 0.3) is 10.9 Å². The summed E-state index contributed by atoms with van der Waals surface area (Å²) in [4.78, 5) is 24.0. The molecule has 1 N–H and O–H groups in total. The van der Waals surface area contributed by atoms with Gasteiger partial charge in [-0.3, -0.25) is 4.79 Å². The zero-order valence-corrected chi connectivity index (χ0v) is 11.7. The van der Waals surface area contributed by atoms with Crippen LogP contribution in [0.5, 0.6) is 0 Å². The lowest BCUT2D eigenvalue weighted by molar-refractivity contribution is 0.0681. The zero-order chi connectivity index (χ0) is 15.1. The predicted octanol–water partition coefficient (Wildman–Crippen LogP) is 3.26. The van der Waals surface area contributed by atoms with Crippen LogP contribution in [0, 0.1) is 12.7 Å². The van der Waals surface area contributed by atoms with Gasteiger partial charge in [0, 0.05) is 17.0 Å². The van der Waals surface area contributed by atoms with E-state index in [0.29, 0.717) is 10.9 Å². The van der Waals surface area contributed by atoms with Gasteiger partial charge in [0.25, 0.3) is 0 Å². The van der Waals surface area contributed by atoms with Gasteiger partial charge in [0.15, 0.2) is 5.43 Å². The summed E-state index contributed by atoms with van der Waals surface area (Å²) in [5, 5.41) is 9.89. The van der Waals surface area contributed by atoms with E-state index in [9.17, 15) is 19.1 Å². The quantitative estimate of drug-likeness (QED) is 0.923. The molecule has 1 saturated carbocycles. The molecule has 2 aromatic rings. The molecule has 0 spiro atoms. The Hall–Kier alpha value is -2.17. The van der Waals surface area contributed by atoms with Gasteiger partial charge in [-0.05, 0) is 38.0 Å². The number of aromatic carboxylic acids is 1. The summed E-state index contributed by atoms with van der Waals surface area (Å²) in [5.41, 5.74) is 0.255. The number of aromatic nitrogens is 1. The lowest BCUT2D eigenvalue weighted by Gasteiger charge is -2.22. The second-order valence-electron chi connectivity index (χ2n) is 5.58. The number of halogens is 1. The van der Waals surface area contributed by atoms with Gasteiger partial charge in [-0.2, -0.15) is 0 Å². The zero-order valence-electron chi connectivity index (χ0n) is 11.7. The third kappa shape index (κ3) is 2.13. The fourth-order valence-electron chi connectivity index (χ4n) is 3.31. The maximum Gasteiger partial charge on any atom is 0.352 e. The number of hydrogen-bond acceptors (Lipinski definition) is 2. The van der Waals surface area contributed by atoms with Crippen molar-refractivity contribution < 1.29 is 14.3 Å². The molecule has 3 rings (SSSR count). The summed E-state index contributed by atoms with van der Waals surface area (Å²) < 4.78 is 15.3. The molecule has 1 heterocycles. The second kappa shape index (κ2) is 4.98. The SMILES string of the molecule is Cc1c(C(=O)O)n(C2CCCC2)c2cc(F)ccc2c1=O. The average molecular weight is 289 g/mol. The van der Waals surface area contributed by atoms with Crippen LogP contribution in [0.1, 0.15) is 47.8 Å². The Morgan fingerprint density at radius 3 is 2.62 bits per heavy atom. The maximum absolute atomic E-state index is 13.6. The minimum atomic E-state index is -1.14. The molecule has 1 aromatic heterocycles. The standard InChI is InChI=1S/C16H16FNO3/c1-9-14(16(20)21)18(11-4-2-3-5-11)13-8-10(17)6-7-12(13)15(9)19/h6-8,11H,2-5H2,1H3,(H,20,21). The molecule has 0 unspecified atom stereocenters. The van der Waals surface area contributed by atoms with Crippen LogP contribution in [-0.2, 0) is 0 Å². The first-order valence-corrected chi connectivity index (χ1v) is 7.08. The number of fused-ring (bicyclic) bond motifs is 1. The normalized spacial score (nSPS) is 15.7. The highest BCUT2D eigenvalue weighted by atomic mass is 19.1. The van der Waals surface area contributed by atoms with E-state index in [4.69, 9.17) is 0 Å². The van der Waals surface area contributed by atoms with Gasteiger partial charge in [-0.1, -0.05) is 12.8 Å². The summed E-state index contributed by atoms with van der Waals surface area (Å²) in [7, 11) is 0. The van der Waals surface area contributed by atoms with Gasteiger partial charge in [0.2, 0.25) is 0 Å². The topological polar surface area (TPSA) is 59.3 Å². The van der Waals surface area contributed by atoms with E-state index >= 15 is 0 Å². The number of rotatable bonds is 2. The monoisotopic (exact) mass is 289 g/mol. The van der Waals surface area contributed by atoms with Gasteiger partial charge in [-0.15, -0.1) is 0 Å². The summed E-state index contributed by atoms with van der Waals surface area (Å²) in [6, 6.07) is 3.96. The van der Waals surface area contributed by atoms with Crippen molar-refractivity contribution in [3.8, 4) is 0 Å². The predicted molar refractivity (Wildman–Crippen MR) is 77.4 cm³/mol. The van der Waals surface area contributed by atoms with Gasteiger partial charge >= 0.3 is 5.97 Å². The van der Waals surface area contributed by atoms with Gasteiger partial charge in [0.05, 0.1) is 5.52 Å². The summed E-state index contributed by atoms with van der Waals surface area (Å²) in [6.07, 6.45) is 3.75. The van der Waals surface area contributed by atoms with E-state index in [-0.39, 0.29) is 22.7 Å². The first-order valence-electron chi connectivity index (χ1n) is 7.08. The first-order chi connectivity index (χ1) is 10.0. The van der Waals surface area contributed by atoms with E-state index in [0.717, 1.165) is 25.7 Å².